The van der Waals surface area contributed by atoms with Crippen LogP contribution >= 0.6 is 0 Å². The first-order valence-electron chi connectivity index (χ1n) is 7.00. The Morgan fingerprint density at radius 1 is 1.24 bits per heavy atom. The van der Waals surface area contributed by atoms with Crippen molar-refractivity contribution in [1.82, 2.24) is 4.90 Å². The minimum absolute atomic E-state index is 0.135. The third-order valence-corrected chi connectivity index (χ3v) is 3.75. The van der Waals surface area contributed by atoms with E-state index in [1.807, 2.05) is 32.9 Å². The number of methoxy groups -OCH3 is 1. The van der Waals surface area contributed by atoms with Crippen molar-refractivity contribution in [2.24, 2.45) is 0 Å². The molecule has 21 heavy (non-hydrogen) atoms. The molecule has 5 nitrogen and oxygen atoms in total. The summed E-state index contributed by atoms with van der Waals surface area (Å²) in [5, 5.41) is 0. The maximum Gasteiger partial charge on any atom is 0.331 e. The number of esters is 1. The summed E-state index contributed by atoms with van der Waals surface area (Å²) in [5.41, 5.74) is 3.63. The highest BCUT2D eigenvalue weighted by Gasteiger charge is 2.35. The number of hydrogen-bond acceptors (Lipinski definition) is 4. The predicted octanol–water partition coefficient (Wildman–Crippen LogP) is 1.63. The van der Waals surface area contributed by atoms with E-state index in [0.29, 0.717) is 18.7 Å². The SMILES string of the molecule is COC(=O)C1COCCN1C(=O)c1c(C)cc(C)cc1C. The second kappa shape index (κ2) is 6.26. The largest absolute Gasteiger partial charge is 0.467 e. The summed E-state index contributed by atoms with van der Waals surface area (Å²) >= 11 is 0. The topological polar surface area (TPSA) is 55.8 Å². The molecular formula is C16H21NO4. The zero-order chi connectivity index (χ0) is 15.6. The van der Waals surface area contributed by atoms with Crippen molar-refractivity contribution in [2.45, 2.75) is 26.8 Å². The number of amides is 1. The summed E-state index contributed by atoms with van der Waals surface area (Å²) in [6, 6.07) is 3.29. The number of aryl methyl sites for hydroxylation is 3. The van der Waals surface area contributed by atoms with Crippen molar-refractivity contribution >= 4 is 11.9 Å². The van der Waals surface area contributed by atoms with E-state index in [2.05, 4.69) is 0 Å². The van der Waals surface area contributed by atoms with Crippen molar-refractivity contribution in [1.29, 1.82) is 0 Å². The monoisotopic (exact) mass is 291 g/mol. The number of morpholine rings is 1. The molecule has 2 rings (SSSR count). The van der Waals surface area contributed by atoms with Gasteiger partial charge in [-0.25, -0.2) is 4.79 Å². The van der Waals surface area contributed by atoms with E-state index in [9.17, 15) is 9.59 Å². The predicted molar refractivity (Wildman–Crippen MR) is 78.3 cm³/mol. The fourth-order valence-electron chi connectivity index (χ4n) is 2.84. The van der Waals surface area contributed by atoms with Crippen molar-refractivity contribution in [3.05, 3.63) is 34.4 Å². The molecular weight excluding hydrogens is 270 g/mol. The number of carbonyl (C=O) groups excluding carboxylic acids is 2. The van der Waals surface area contributed by atoms with Gasteiger partial charge >= 0.3 is 5.97 Å². The Hall–Kier alpha value is -1.88. The van der Waals surface area contributed by atoms with Gasteiger partial charge in [-0.3, -0.25) is 4.79 Å². The first-order valence-corrected chi connectivity index (χ1v) is 7.00. The second-order valence-electron chi connectivity index (χ2n) is 5.39. The van der Waals surface area contributed by atoms with Gasteiger partial charge < -0.3 is 14.4 Å². The molecule has 0 bridgehead atoms. The average Bonchev–Trinajstić information content (AvgIpc) is 2.45. The van der Waals surface area contributed by atoms with Crippen molar-refractivity contribution in [3.8, 4) is 0 Å². The maximum atomic E-state index is 12.8. The molecule has 0 N–H and O–H groups in total. The van der Waals surface area contributed by atoms with Gasteiger partial charge in [-0.15, -0.1) is 0 Å². The number of nitrogens with zero attached hydrogens (tertiary/aromatic N) is 1. The summed E-state index contributed by atoms with van der Waals surface area (Å²) in [6.07, 6.45) is 0. The van der Waals surface area contributed by atoms with Crippen LogP contribution in [0.2, 0.25) is 0 Å². The van der Waals surface area contributed by atoms with Gasteiger partial charge in [0.05, 0.1) is 20.3 Å². The highest BCUT2D eigenvalue weighted by molar-refractivity contribution is 5.99. The van der Waals surface area contributed by atoms with Gasteiger partial charge in [-0.2, -0.15) is 0 Å². The van der Waals surface area contributed by atoms with Crippen molar-refractivity contribution in [2.75, 3.05) is 26.9 Å². The quantitative estimate of drug-likeness (QED) is 0.777. The minimum atomic E-state index is -0.670. The Morgan fingerprint density at radius 3 is 2.43 bits per heavy atom. The van der Waals surface area contributed by atoms with E-state index in [1.54, 1.807) is 4.90 Å². The average molecular weight is 291 g/mol. The standard InChI is InChI=1S/C16H21NO4/c1-10-7-11(2)14(12(3)8-10)15(18)17-5-6-21-9-13(17)16(19)20-4/h7-8,13H,5-6,9H2,1-4H3. The molecule has 1 atom stereocenters. The van der Waals surface area contributed by atoms with Crippen LogP contribution in [0.4, 0.5) is 0 Å². The molecule has 1 aromatic carbocycles. The number of rotatable bonds is 2. The third-order valence-electron chi connectivity index (χ3n) is 3.75. The fraction of sp³-hybridized carbons (Fsp3) is 0.500. The van der Waals surface area contributed by atoms with Crippen molar-refractivity contribution < 1.29 is 19.1 Å². The summed E-state index contributed by atoms with van der Waals surface area (Å²) in [5.74, 6) is -0.575. The summed E-state index contributed by atoms with van der Waals surface area (Å²) < 4.78 is 10.1. The van der Waals surface area contributed by atoms with Crippen LogP contribution in [-0.4, -0.2) is 49.7 Å². The summed E-state index contributed by atoms with van der Waals surface area (Å²) in [6.45, 7) is 6.85. The Kier molecular flexibility index (Phi) is 4.63. The van der Waals surface area contributed by atoms with Crippen LogP contribution in [0.15, 0.2) is 12.1 Å². The first kappa shape index (κ1) is 15.5. The molecule has 1 aliphatic rings. The van der Waals surface area contributed by atoms with Crippen LogP contribution in [0.5, 0.6) is 0 Å². The van der Waals surface area contributed by atoms with Crippen LogP contribution in [0.25, 0.3) is 0 Å². The molecule has 1 unspecified atom stereocenters. The highest BCUT2D eigenvalue weighted by atomic mass is 16.5. The molecule has 1 aromatic rings. The first-order chi connectivity index (χ1) is 9.95. The molecule has 1 fully saturated rings. The molecule has 0 saturated carbocycles. The number of hydrogen-bond donors (Lipinski definition) is 0. The zero-order valence-electron chi connectivity index (χ0n) is 12.9. The van der Waals surface area contributed by atoms with E-state index in [0.717, 1.165) is 16.7 Å². The van der Waals surface area contributed by atoms with Crippen LogP contribution in [0.3, 0.4) is 0 Å². The Bertz CT molecular complexity index is 544. The van der Waals surface area contributed by atoms with Gasteiger partial charge in [0.25, 0.3) is 5.91 Å². The van der Waals surface area contributed by atoms with Crippen molar-refractivity contribution in [3.63, 3.8) is 0 Å². The smallest absolute Gasteiger partial charge is 0.331 e. The van der Waals surface area contributed by atoms with Gasteiger partial charge in [0.1, 0.15) is 0 Å². The van der Waals surface area contributed by atoms with Crippen LogP contribution in [-0.2, 0) is 14.3 Å². The Morgan fingerprint density at radius 2 is 1.86 bits per heavy atom. The number of benzene rings is 1. The highest BCUT2D eigenvalue weighted by Crippen LogP contribution is 2.21. The van der Waals surface area contributed by atoms with E-state index < -0.39 is 12.0 Å². The normalized spacial score (nSPS) is 18.5. The van der Waals surface area contributed by atoms with Crippen LogP contribution < -0.4 is 0 Å². The van der Waals surface area contributed by atoms with E-state index in [4.69, 9.17) is 9.47 Å². The molecule has 1 amide bonds. The lowest BCUT2D eigenvalue weighted by molar-refractivity contribution is -0.151. The molecule has 0 aliphatic carbocycles. The number of carbonyl (C=O) groups is 2. The van der Waals surface area contributed by atoms with Gasteiger partial charge in [0.15, 0.2) is 6.04 Å². The molecule has 0 aromatic heterocycles. The maximum absolute atomic E-state index is 12.8. The molecule has 0 radical (unpaired) electrons. The fourth-order valence-corrected chi connectivity index (χ4v) is 2.84. The van der Waals surface area contributed by atoms with E-state index in [-0.39, 0.29) is 12.5 Å². The summed E-state index contributed by atoms with van der Waals surface area (Å²) in [4.78, 5) is 26.2. The van der Waals surface area contributed by atoms with Crippen LogP contribution in [0.1, 0.15) is 27.0 Å². The van der Waals surface area contributed by atoms with Crippen LogP contribution in [0, 0.1) is 20.8 Å². The molecule has 1 heterocycles. The van der Waals surface area contributed by atoms with Gasteiger partial charge in [0, 0.05) is 12.1 Å². The van der Waals surface area contributed by atoms with E-state index in [1.165, 1.54) is 7.11 Å². The molecule has 5 heteroatoms. The van der Waals surface area contributed by atoms with Gasteiger partial charge in [0.2, 0.25) is 0 Å². The molecule has 114 valence electrons. The lowest BCUT2D eigenvalue weighted by Crippen LogP contribution is -2.53. The van der Waals surface area contributed by atoms with Gasteiger partial charge in [-0.05, 0) is 31.9 Å². The minimum Gasteiger partial charge on any atom is -0.467 e. The lowest BCUT2D eigenvalue weighted by Gasteiger charge is -2.34. The van der Waals surface area contributed by atoms with E-state index >= 15 is 0 Å². The van der Waals surface area contributed by atoms with Gasteiger partial charge in [-0.1, -0.05) is 17.7 Å². The second-order valence-corrected chi connectivity index (χ2v) is 5.39. The molecule has 1 aliphatic heterocycles. The Balaban J connectivity index is 2.36. The molecule has 1 saturated heterocycles. The third kappa shape index (κ3) is 3.08. The Labute approximate surface area is 124 Å². The molecule has 0 spiro atoms. The lowest BCUT2D eigenvalue weighted by atomic mass is 9.98. The zero-order valence-corrected chi connectivity index (χ0v) is 12.9. The number of ether oxygens (including phenoxy) is 2. The summed E-state index contributed by atoms with van der Waals surface area (Å²) in [7, 11) is 1.32.